The number of hydrogen-bond donors (Lipinski definition) is 1. The van der Waals surface area contributed by atoms with E-state index < -0.39 is 11.6 Å². The van der Waals surface area contributed by atoms with Gasteiger partial charge >= 0.3 is 6.03 Å². The smallest absolute Gasteiger partial charge is 0.328 e. The van der Waals surface area contributed by atoms with Crippen LogP contribution in [0.25, 0.3) is 10.9 Å². The van der Waals surface area contributed by atoms with Crippen LogP contribution in [-0.2, 0) is 11.2 Å². The summed E-state index contributed by atoms with van der Waals surface area (Å²) in [7, 11) is 0. The Hall–Kier alpha value is -2.79. The molecule has 0 unspecified atom stereocenters. The van der Waals surface area contributed by atoms with Crippen LogP contribution in [0.2, 0.25) is 5.02 Å². The van der Waals surface area contributed by atoms with Crippen molar-refractivity contribution in [1.82, 2.24) is 14.8 Å². The summed E-state index contributed by atoms with van der Waals surface area (Å²) in [5.74, 6) is -0.127. The van der Waals surface area contributed by atoms with Crippen molar-refractivity contribution in [2.45, 2.75) is 44.8 Å². The van der Waals surface area contributed by atoms with E-state index in [1.165, 1.54) is 4.90 Å². The molecule has 5 nitrogen and oxygen atoms in total. The first-order valence-corrected chi connectivity index (χ1v) is 10.2. The Morgan fingerprint density at radius 1 is 1.03 bits per heavy atom. The Bertz CT molecular complexity index is 1140. The second kappa shape index (κ2) is 6.10. The maximum Gasteiger partial charge on any atom is 0.328 e. The minimum Gasteiger partial charge on any atom is -0.356 e. The quantitative estimate of drug-likeness (QED) is 0.583. The molecule has 6 heteroatoms. The van der Waals surface area contributed by atoms with Gasteiger partial charge in [-0.05, 0) is 50.1 Å². The predicted molar refractivity (Wildman–Crippen MR) is 113 cm³/mol. The van der Waals surface area contributed by atoms with Crippen LogP contribution in [0, 0.1) is 0 Å². The molecule has 0 bridgehead atoms. The number of para-hydroxylation sites is 1. The Morgan fingerprint density at radius 3 is 2.41 bits per heavy atom. The van der Waals surface area contributed by atoms with Crippen LogP contribution in [0.3, 0.4) is 0 Å². The van der Waals surface area contributed by atoms with Gasteiger partial charge in [-0.3, -0.25) is 14.6 Å². The first-order valence-electron chi connectivity index (χ1n) is 9.78. The van der Waals surface area contributed by atoms with Crippen LogP contribution in [0.15, 0.2) is 48.5 Å². The van der Waals surface area contributed by atoms with E-state index in [9.17, 15) is 9.59 Å². The van der Waals surface area contributed by atoms with E-state index in [1.54, 1.807) is 4.90 Å². The highest BCUT2D eigenvalue weighted by Gasteiger charge is 2.55. The Kier molecular flexibility index (Phi) is 3.84. The number of rotatable bonds is 1. The van der Waals surface area contributed by atoms with Gasteiger partial charge in [0.2, 0.25) is 0 Å². The van der Waals surface area contributed by atoms with E-state index in [-0.39, 0.29) is 18.0 Å². The summed E-state index contributed by atoms with van der Waals surface area (Å²) in [6.07, 6.45) is 0.514. The third-order valence-electron chi connectivity index (χ3n) is 5.91. The van der Waals surface area contributed by atoms with Gasteiger partial charge in [0, 0.05) is 33.6 Å². The maximum absolute atomic E-state index is 13.5. The fraction of sp³-hybridized carbons (Fsp3) is 0.304. The van der Waals surface area contributed by atoms with E-state index in [0.717, 1.165) is 27.7 Å². The summed E-state index contributed by atoms with van der Waals surface area (Å²) >= 11 is 6.11. The topological polar surface area (TPSA) is 56.4 Å². The largest absolute Gasteiger partial charge is 0.356 e. The summed E-state index contributed by atoms with van der Waals surface area (Å²) in [5.41, 5.74) is 3.46. The fourth-order valence-electron chi connectivity index (χ4n) is 4.68. The number of urea groups is 1. The second-order valence-corrected chi connectivity index (χ2v) is 9.21. The summed E-state index contributed by atoms with van der Waals surface area (Å²) < 4.78 is 0. The lowest BCUT2D eigenvalue weighted by atomic mass is 9.89. The highest BCUT2D eigenvalue weighted by atomic mass is 35.5. The number of benzene rings is 2. The van der Waals surface area contributed by atoms with Gasteiger partial charge in [-0.15, -0.1) is 0 Å². The molecule has 1 N–H and O–H groups in total. The lowest BCUT2D eigenvalue weighted by molar-refractivity contribution is -0.131. The number of carbonyl (C=O) groups is 2. The number of nitrogens with one attached hydrogen (secondary N) is 1. The van der Waals surface area contributed by atoms with Crippen molar-refractivity contribution in [2.75, 3.05) is 0 Å². The van der Waals surface area contributed by atoms with Gasteiger partial charge in [-0.2, -0.15) is 0 Å². The summed E-state index contributed by atoms with van der Waals surface area (Å²) in [6.45, 7) is 5.69. The zero-order valence-corrected chi connectivity index (χ0v) is 17.3. The van der Waals surface area contributed by atoms with E-state index in [1.807, 2.05) is 63.2 Å². The normalized spacial score (nSPS) is 21.7. The fourth-order valence-corrected chi connectivity index (χ4v) is 4.81. The number of aromatic amines is 1. The molecular weight excluding hydrogens is 386 g/mol. The molecule has 0 radical (unpaired) electrons. The van der Waals surface area contributed by atoms with Gasteiger partial charge in [0.05, 0.1) is 0 Å². The highest BCUT2D eigenvalue weighted by Crippen LogP contribution is 2.45. The number of halogens is 1. The van der Waals surface area contributed by atoms with Crippen LogP contribution >= 0.6 is 11.6 Å². The van der Waals surface area contributed by atoms with Crippen molar-refractivity contribution < 1.29 is 9.59 Å². The molecule has 3 amide bonds. The number of hydrogen-bond acceptors (Lipinski definition) is 2. The van der Waals surface area contributed by atoms with Gasteiger partial charge in [-0.25, -0.2) is 4.79 Å². The van der Waals surface area contributed by atoms with Crippen molar-refractivity contribution in [1.29, 1.82) is 0 Å². The maximum atomic E-state index is 13.5. The molecule has 2 aliphatic heterocycles. The van der Waals surface area contributed by atoms with Crippen LogP contribution < -0.4 is 0 Å². The third kappa shape index (κ3) is 2.60. The monoisotopic (exact) mass is 407 g/mol. The number of amides is 3. The Labute approximate surface area is 174 Å². The van der Waals surface area contributed by atoms with Crippen LogP contribution in [0.1, 0.15) is 43.6 Å². The van der Waals surface area contributed by atoms with Crippen molar-refractivity contribution >= 4 is 34.4 Å². The Morgan fingerprint density at radius 2 is 1.72 bits per heavy atom. The summed E-state index contributed by atoms with van der Waals surface area (Å²) in [4.78, 5) is 33.5. The number of carbonyl (C=O) groups excluding carboxylic acids is 2. The van der Waals surface area contributed by atoms with Gasteiger partial charge < -0.3 is 4.98 Å². The minimum absolute atomic E-state index is 0.127. The first kappa shape index (κ1) is 18.3. The molecule has 1 fully saturated rings. The molecule has 2 aromatic carbocycles. The van der Waals surface area contributed by atoms with E-state index in [2.05, 4.69) is 11.1 Å². The zero-order chi connectivity index (χ0) is 20.5. The minimum atomic E-state index is -0.578. The lowest BCUT2D eigenvalue weighted by Crippen LogP contribution is -2.46. The van der Waals surface area contributed by atoms with Crippen molar-refractivity contribution in [3.8, 4) is 0 Å². The van der Waals surface area contributed by atoms with E-state index in [0.29, 0.717) is 11.4 Å². The van der Waals surface area contributed by atoms with Crippen LogP contribution in [0.5, 0.6) is 0 Å². The average molecular weight is 408 g/mol. The van der Waals surface area contributed by atoms with Gasteiger partial charge in [-0.1, -0.05) is 41.9 Å². The second-order valence-electron chi connectivity index (χ2n) is 8.77. The van der Waals surface area contributed by atoms with Gasteiger partial charge in [0.25, 0.3) is 5.91 Å². The lowest BCUT2D eigenvalue weighted by Gasteiger charge is -2.36. The molecule has 0 spiro atoms. The molecule has 5 rings (SSSR count). The van der Waals surface area contributed by atoms with Crippen molar-refractivity contribution in [2.24, 2.45) is 0 Å². The molecular formula is C23H22ClN3O2. The van der Waals surface area contributed by atoms with Crippen molar-refractivity contribution in [3.63, 3.8) is 0 Å². The predicted octanol–water partition coefficient (Wildman–Crippen LogP) is 4.90. The molecule has 1 saturated heterocycles. The summed E-state index contributed by atoms with van der Waals surface area (Å²) in [6, 6.07) is 14.5. The van der Waals surface area contributed by atoms with Crippen LogP contribution in [0.4, 0.5) is 4.79 Å². The third-order valence-corrected chi connectivity index (χ3v) is 6.16. The average Bonchev–Trinajstić information content (AvgIpc) is 3.16. The zero-order valence-electron chi connectivity index (χ0n) is 16.6. The Balaban J connectivity index is 1.74. The summed E-state index contributed by atoms with van der Waals surface area (Å²) in [5, 5.41) is 1.74. The molecule has 148 valence electrons. The molecule has 0 saturated carbocycles. The van der Waals surface area contributed by atoms with Gasteiger partial charge in [0.1, 0.15) is 12.1 Å². The SMILES string of the molecule is CC(C)(C)N1C(=O)[C@@H]2Cc3c([nH]c4ccccc34)[C@@H](c3ccc(Cl)cc3)N2C1=O. The molecule has 0 aliphatic carbocycles. The van der Waals surface area contributed by atoms with E-state index in [4.69, 9.17) is 11.6 Å². The number of H-pyrrole nitrogens is 1. The highest BCUT2D eigenvalue weighted by molar-refractivity contribution is 6.30. The first-order chi connectivity index (χ1) is 13.8. The van der Waals surface area contributed by atoms with E-state index >= 15 is 0 Å². The molecule has 2 atom stereocenters. The molecule has 29 heavy (non-hydrogen) atoms. The molecule has 3 heterocycles. The standard InChI is InChI=1S/C23H22ClN3O2/c1-23(2,3)27-21(28)18-12-16-15-6-4-5-7-17(15)25-19(16)20(26(18)22(27)29)13-8-10-14(24)11-9-13/h4-11,18,20,25H,12H2,1-3H3/t18-,20+/m0/s1. The molecule has 2 aliphatic rings. The number of imide groups is 1. The molecule has 1 aromatic heterocycles. The number of nitrogens with zero attached hydrogens (tertiary/aromatic N) is 2. The van der Waals surface area contributed by atoms with Crippen LogP contribution in [-0.4, -0.2) is 38.3 Å². The van der Waals surface area contributed by atoms with Gasteiger partial charge in [0.15, 0.2) is 0 Å². The number of fused-ring (bicyclic) bond motifs is 4. The van der Waals surface area contributed by atoms with Crippen molar-refractivity contribution in [3.05, 3.63) is 70.4 Å². The number of aromatic nitrogens is 1. The molecule has 3 aromatic rings.